The molecule has 0 fully saturated rings. The number of anilines is 1. The van der Waals surface area contributed by atoms with Gasteiger partial charge in [0.1, 0.15) is 5.69 Å². The zero-order chi connectivity index (χ0) is 12.7. The first kappa shape index (κ1) is 12.7. The van der Waals surface area contributed by atoms with Crippen LogP contribution in [-0.4, -0.2) is 28.6 Å². The Labute approximate surface area is 97.9 Å². The number of amides is 1. The molecule has 2 N–H and O–H groups in total. The molecule has 0 spiro atoms. The maximum absolute atomic E-state index is 11.3. The highest BCUT2D eigenvalue weighted by Gasteiger charge is 2.06. The molecule has 0 aromatic carbocycles. The van der Waals surface area contributed by atoms with E-state index in [2.05, 4.69) is 10.3 Å². The molecule has 1 amide bonds. The van der Waals surface area contributed by atoms with Crippen molar-refractivity contribution in [3.63, 3.8) is 0 Å². The van der Waals surface area contributed by atoms with Gasteiger partial charge in [-0.3, -0.25) is 4.79 Å². The highest BCUT2D eigenvalue weighted by molar-refractivity contribution is 6.02. The summed E-state index contributed by atoms with van der Waals surface area (Å²) < 4.78 is 5.20. The summed E-state index contributed by atoms with van der Waals surface area (Å²) in [4.78, 5) is 25.5. The van der Waals surface area contributed by atoms with Crippen LogP contribution in [0.4, 0.5) is 5.69 Å². The fourth-order valence-electron chi connectivity index (χ4n) is 1.06. The molecular formula is C11H12N2O4. The minimum Gasteiger partial charge on any atom is -0.478 e. The van der Waals surface area contributed by atoms with Crippen LogP contribution < -0.4 is 10.1 Å². The van der Waals surface area contributed by atoms with Gasteiger partial charge in [-0.2, -0.15) is 0 Å². The molecule has 0 saturated heterocycles. The average Bonchev–Trinajstić information content (AvgIpc) is 2.29. The van der Waals surface area contributed by atoms with Crippen molar-refractivity contribution in [3.8, 4) is 5.88 Å². The summed E-state index contributed by atoms with van der Waals surface area (Å²) in [5.74, 6) is -1.44. The molecule has 0 aliphatic rings. The van der Waals surface area contributed by atoms with E-state index >= 15 is 0 Å². The number of hydrogen-bond acceptors (Lipinski definition) is 4. The van der Waals surface area contributed by atoms with Crippen LogP contribution in [0.15, 0.2) is 30.5 Å². The summed E-state index contributed by atoms with van der Waals surface area (Å²) in [6.07, 6.45) is 3.21. The van der Waals surface area contributed by atoms with Gasteiger partial charge in [0.05, 0.1) is 6.61 Å². The van der Waals surface area contributed by atoms with E-state index in [0.717, 1.165) is 12.2 Å². The van der Waals surface area contributed by atoms with Crippen molar-refractivity contribution in [2.45, 2.75) is 6.92 Å². The van der Waals surface area contributed by atoms with Crippen LogP contribution in [0, 0.1) is 0 Å². The van der Waals surface area contributed by atoms with Gasteiger partial charge in [-0.1, -0.05) is 0 Å². The van der Waals surface area contributed by atoms with Gasteiger partial charge >= 0.3 is 5.97 Å². The van der Waals surface area contributed by atoms with Crippen molar-refractivity contribution in [1.82, 2.24) is 4.98 Å². The SMILES string of the molecule is CCOc1ncccc1NC(=O)/C=C/C(=O)O. The summed E-state index contributed by atoms with van der Waals surface area (Å²) in [5.41, 5.74) is 0.398. The molecule has 0 bridgehead atoms. The molecule has 6 heteroatoms. The molecule has 6 nitrogen and oxygen atoms in total. The van der Waals surface area contributed by atoms with E-state index < -0.39 is 11.9 Å². The van der Waals surface area contributed by atoms with E-state index in [1.54, 1.807) is 19.1 Å². The molecule has 0 unspecified atom stereocenters. The Bertz CT molecular complexity index is 443. The first-order valence-electron chi connectivity index (χ1n) is 4.93. The fraction of sp³-hybridized carbons (Fsp3) is 0.182. The quantitative estimate of drug-likeness (QED) is 0.746. The van der Waals surface area contributed by atoms with Crippen molar-refractivity contribution >= 4 is 17.6 Å². The number of aliphatic carboxylic acids is 1. The van der Waals surface area contributed by atoms with E-state index in [9.17, 15) is 9.59 Å². The predicted molar refractivity (Wildman–Crippen MR) is 60.8 cm³/mol. The molecular weight excluding hydrogens is 224 g/mol. The normalized spacial score (nSPS) is 10.2. The molecule has 1 aromatic rings. The van der Waals surface area contributed by atoms with Crippen molar-refractivity contribution in [2.75, 3.05) is 11.9 Å². The first-order chi connectivity index (χ1) is 8.13. The Hall–Kier alpha value is -2.37. The Morgan fingerprint density at radius 1 is 1.53 bits per heavy atom. The third-order valence-electron chi connectivity index (χ3n) is 1.69. The molecule has 1 heterocycles. The largest absolute Gasteiger partial charge is 0.478 e. The number of carbonyl (C=O) groups excluding carboxylic acids is 1. The second-order valence-corrected chi connectivity index (χ2v) is 2.95. The van der Waals surface area contributed by atoms with E-state index in [0.29, 0.717) is 18.2 Å². The summed E-state index contributed by atoms with van der Waals surface area (Å²) in [5, 5.41) is 10.8. The average molecular weight is 236 g/mol. The standard InChI is InChI=1S/C11H12N2O4/c1-2-17-11-8(4-3-7-12-11)13-9(14)5-6-10(15)16/h3-7H,2H2,1H3,(H,13,14)(H,15,16)/b6-5+. The molecule has 0 radical (unpaired) electrons. The number of carboxylic acid groups (broad SMARTS) is 1. The van der Waals surface area contributed by atoms with Gasteiger partial charge in [0.15, 0.2) is 0 Å². The Balaban J connectivity index is 2.74. The minimum atomic E-state index is -1.18. The monoisotopic (exact) mass is 236 g/mol. The smallest absolute Gasteiger partial charge is 0.328 e. The van der Waals surface area contributed by atoms with Gasteiger partial charge in [-0.05, 0) is 19.1 Å². The fourth-order valence-corrected chi connectivity index (χ4v) is 1.06. The molecule has 0 aliphatic heterocycles. The van der Waals surface area contributed by atoms with Crippen LogP contribution in [-0.2, 0) is 9.59 Å². The van der Waals surface area contributed by atoms with Crippen LogP contribution in [0.2, 0.25) is 0 Å². The van der Waals surface area contributed by atoms with E-state index in [1.807, 2.05) is 0 Å². The summed E-state index contributed by atoms with van der Waals surface area (Å²) in [6.45, 7) is 2.22. The van der Waals surface area contributed by atoms with Crippen LogP contribution in [0.25, 0.3) is 0 Å². The molecule has 0 saturated carbocycles. The lowest BCUT2D eigenvalue weighted by molar-refractivity contribution is -0.131. The van der Waals surface area contributed by atoms with Crippen molar-refractivity contribution in [1.29, 1.82) is 0 Å². The number of nitrogens with zero attached hydrogens (tertiary/aromatic N) is 1. The number of nitrogens with one attached hydrogen (secondary N) is 1. The second kappa shape index (κ2) is 6.26. The minimum absolute atomic E-state index is 0.298. The van der Waals surface area contributed by atoms with Crippen molar-refractivity contribution in [2.24, 2.45) is 0 Å². The topological polar surface area (TPSA) is 88.5 Å². The second-order valence-electron chi connectivity index (χ2n) is 2.95. The van der Waals surface area contributed by atoms with Gasteiger partial charge in [-0.25, -0.2) is 9.78 Å². The molecule has 1 rings (SSSR count). The molecule has 0 aliphatic carbocycles. The predicted octanol–water partition coefficient (Wildman–Crippen LogP) is 1.06. The highest BCUT2D eigenvalue weighted by atomic mass is 16.5. The third kappa shape index (κ3) is 4.33. The summed E-state index contributed by atoms with van der Waals surface area (Å²) >= 11 is 0. The van der Waals surface area contributed by atoms with Crippen molar-refractivity contribution < 1.29 is 19.4 Å². The number of aromatic nitrogens is 1. The van der Waals surface area contributed by atoms with Crippen LogP contribution in [0.3, 0.4) is 0 Å². The Kier molecular flexibility index (Phi) is 4.68. The molecule has 90 valence electrons. The van der Waals surface area contributed by atoms with E-state index in [4.69, 9.17) is 9.84 Å². The Morgan fingerprint density at radius 2 is 2.29 bits per heavy atom. The lowest BCUT2D eigenvalue weighted by atomic mass is 10.4. The summed E-state index contributed by atoms with van der Waals surface area (Å²) in [6, 6.07) is 3.25. The third-order valence-corrected chi connectivity index (χ3v) is 1.69. The molecule has 1 aromatic heterocycles. The lowest BCUT2D eigenvalue weighted by Crippen LogP contribution is -2.10. The van der Waals surface area contributed by atoms with Crippen LogP contribution >= 0.6 is 0 Å². The molecule has 0 atom stereocenters. The van der Waals surface area contributed by atoms with Crippen LogP contribution in [0.5, 0.6) is 5.88 Å². The zero-order valence-electron chi connectivity index (χ0n) is 9.21. The van der Waals surface area contributed by atoms with Gasteiger partial charge < -0.3 is 15.2 Å². The van der Waals surface area contributed by atoms with Gasteiger partial charge in [0.25, 0.3) is 0 Å². The van der Waals surface area contributed by atoms with E-state index in [1.165, 1.54) is 6.20 Å². The number of ether oxygens (including phenoxy) is 1. The number of rotatable bonds is 5. The zero-order valence-corrected chi connectivity index (χ0v) is 9.21. The van der Waals surface area contributed by atoms with Gasteiger partial charge in [-0.15, -0.1) is 0 Å². The number of pyridine rings is 1. The van der Waals surface area contributed by atoms with Gasteiger partial charge in [0.2, 0.25) is 11.8 Å². The van der Waals surface area contributed by atoms with Crippen LogP contribution in [0.1, 0.15) is 6.92 Å². The number of carboxylic acids is 1. The molecule has 17 heavy (non-hydrogen) atoms. The van der Waals surface area contributed by atoms with Gasteiger partial charge in [0, 0.05) is 18.3 Å². The van der Waals surface area contributed by atoms with E-state index in [-0.39, 0.29) is 0 Å². The number of carbonyl (C=O) groups is 2. The maximum atomic E-state index is 11.3. The summed E-state index contributed by atoms with van der Waals surface area (Å²) in [7, 11) is 0. The lowest BCUT2D eigenvalue weighted by Gasteiger charge is -2.08. The first-order valence-corrected chi connectivity index (χ1v) is 4.93. The maximum Gasteiger partial charge on any atom is 0.328 e. The van der Waals surface area contributed by atoms with Crippen molar-refractivity contribution in [3.05, 3.63) is 30.5 Å². The highest BCUT2D eigenvalue weighted by Crippen LogP contribution is 2.20. The number of hydrogen-bond donors (Lipinski definition) is 2. The Morgan fingerprint density at radius 3 is 2.94 bits per heavy atom.